The Balaban J connectivity index is 2.55. The molecule has 1 aliphatic heterocycles. The van der Waals surface area contributed by atoms with Gasteiger partial charge in [0.15, 0.2) is 12.4 Å². The number of amides is 1. The number of carbonyl (C=O) groups is 2. The molecule has 11 nitrogen and oxygen atoms in total. The van der Waals surface area contributed by atoms with Gasteiger partial charge in [-0.2, -0.15) is 0 Å². The van der Waals surface area contributed by atoms with Crippen molar-refractivity contribution in [1.29, 1.82) is 0 Å². The Morgan fingerprint density at radius 3 is 1.20 bits per heavy atom. The van der Waals surface area contributed by atoms with Gasteiger partial charge < -0.3 is 45.1 Å². The van der Waals surface area contributed by atoms with Crippen molar-refractivity contribution in [3.05, 3.63) is 122 Å². The Hall–Kier alpha value is -3.94. The summed E-state index contributed by atoms with van der Waals surface area (Å²) in [5, 5.41) is 57.4. The number of unbranched alkanes of at least 4 members (excludes halogenated alkanes) is 32. The van der Waals surface area contributed by atoms with Gasteiger partial charge >= 0.3 is 5.97 Å². The highest BCUT2D eigenvalue weighted by Crippen LogP contribution is 2.26. The average molecular weight is 1290 g/mol. The molecule has 528 valence electrons. The first-order valence-corrected chi connectivity index (χ1v) is 37.8. The molecular formula is C81H139NO10. The van der Waals surface area contributed by atoms with Crippen LogP contribution in [0.1, 0.15) is 316 Å². The van der Waals surface area contributed by atoms with E-state index in [9.17, 15) is 35.1 Å². The summed E-state index contributed by atoms with van der Waals surface area (Å²) < 4.78 is 17.7. The van der Waals surface area contributed by atoms with Gasteiger partial charge in [0.2, 0.25) is 5.91 Å². The normalized spacial score (nSPS) is 18.6. The molecular weight excluding hydrogens is 1150 g/mol. The Bertz CT molecular complexity index is 1970. The topological polar surface area (TPSA) is 175 Å². The largest absolute Gasteiger partial charge is 0.454 e. The summed E-state index contributed by atoms with van der Waals surface area (Å²) in [4.78, 5) is 26.7. The fraction of sp³-hybridized carbons (Fsp3) is 0.728. The number of rotatable bonds is 64. The number of hydrogen-bond donors (Lipinski definition) is 6. The lowest BCUT2D eigenvalue weighted by Gasteiger charge is -2.41. The van der Waals surface area contributed by atoms with E-state index < -0.39 is 67.4 Å². The quantitative estimate of drug-likeness (QED) is 0.0195. The highest BCUT2D eigenvalue weighted by molar-refractivity contribution is 5.80. The van der Waals surface area contributed by atoms with Crippen molar-refractivity contribution in [2.75, 3.05) is 13.2 Å². The molecule has 1 fully saturated rings. The van der Waals surface area contributed by atoms with Gasteiger partial charge in [0, 0.05) is 6.42 Å². The lowest BCUT2D eigenvalue weighted by atomic mass is 9.99. The lowest BCUT2D eigenvalue weighted by molar-refractivity contribution is -0.305. The summed E-state index contributed by atoms with van der Waals surface area (Å²) in [6.45, 7) is 5.67. The maximum Gasteiger partial charge on any atom is 0.306 e. The fourth-order valence-electron chi connectivity index (χ4n) is 11.2. The zero-order valence-corrected chi connectivity index (χ0v) is 58.9. The van der Waals surface area contributed by atoms with Gasteiger partial charge in [-0.25, -0.2) is 0 Å². The first-order chi connectivity index (χ1) is 45.2. The number of nitrogens with one attached hydrogen (secondary N) is 1. The van der Waals surface area contributed by atoms with Crippen LogP contribution in [0.3, 0.4) is 0 Å². The molecule has 0 bridgehead atoms. The molecule has 0 radical (unpaired) electrons. The van der Waals surface area contributed by atoms with E-state index in [2.05, 4.69) is 135 Å². The third kappa shape index (κ3) is 53.3. The van der Waals surface area contributed by atoms with Crippen LogP contribution in [0, 0.1) is 0 Å². The van der Waals surface area contributed by atoms with E-state index >= 15 is 0 Å². The number of ether oxygens (including phenoxy) is 3. The van der Waals surface area contributed by atoms with Crippen LogP contribution < -0.4 is 5.32 Å². The van der Waals surface area contributed by atoms with Crippen LogP contribution in [0.5, 0.6) is 0 Å². The van der Waals surface area contributed by atoms with Gasteiger partial charge in [0.25, 0.3) is 0 Å². The monoisotopic (exact) mass is 1290 g/mol. The molecule has 1 heterocycles. The minimum absolute atomic E-state index is 0.108. The van der Waals surface area contributed by atoms with E-state index in [4.69, 9.17) is 14.2 Å². The van der Waals surface area contributed by atoms with Gasteiger partial charge in [-0.15, -0.1) is 0 Å². The Kier molecular flexibility index (Phi) is 62.7. The number of aliphatic hydroxyl groups excluding tert-OH is 5. The molecule has 0 aliphatic carbocycles. The molecule has 8 atom stereocenters. The van der Waals surface area contributed by atoms with Gasteiger partial charge in [0.1, 0.15) is 24.4 Å². The van der Waals surface area contributed by atoms with Crippen molar-refractivity contribution in [1.82, 2.24) is 5.32 Å². The fourth-order valence-corrected chi connectivity index (χ4v) is 11.2. The van der Waals surface area contributed by atoms with Crippen LogP contribution in [0.15, 0.2) is 122 Å². The van der Waals surface area contributed by atoms with E-state index in [0.717, 1.165) is 128 Å². The molecule has 0 aromatic rings. The Labute approximate surface area is 563 Å². The average Bonchev–Trinajstić information content (AvgIpc) is 0.875. The smallest absolute Gasteiger partial charge is 0.306 e. The molecule has 6 N–H and O–H groups in total. The van der Waals surface area contributed by atoms with Crippen LogP contribution in [-0.2, 0) is 23.8 Å². The summed E-state index contributed by atoms with van der Waals surface area (Å²) in [5.74, 6) is -1.21. The van der Waals surface area contributed by atoms with Crippen molar-refractivity contribution >= 4 is 11.9 Å². The minimum Gasteiger partial charge on any atom is -0.454 e. The minimum atomic E-state index is -1.63. The van der Waals surface area contributed by atoms with Crippen molar-refractivity contribution in [2.45, 2.75) is 365 Å². The summed E-state index contributed by atoms with van der Waals surface area (Å²) in [6.07, 6.45) is 83.7. The number of carbonyl (C=O) groups excluding carboxylic acids is 2. The molecule has 0 saturated carbocycles. The Morgan fingerprint density at radius 1 is 0.435 bits per heavy atom. The predicted molar refractivity (Wildman–Crippen MR) is 388 cm³/mol. The van der Waals surface area contributed by atoms with E-state index in [1.807, 2.05) is 6.08 Å². The highest BCUT2D eigenvalue weighted by atomic mass is 16.7. The number of aliphatic hydroxyl groups is 5. The highest BCUT2D eigenvalue weighted by Gasteiger charge is 2.47. The molecule has 92 heavy (non-hydrogen) atoms. The molecule has 11 heteroatoms. The second kappa shape index (κ2) is 67.1. The summed E-state index contributed by atoms with van der Waals surface area (Å²) >= 11 is 0. The Morgan fingerprint density at radius 2 is 0.783 bits per heavy atom. The second-order valence-electron chi connectivity index (χ2n) is 25.6. The zero-order valence-electron chi connectivity index (χ0n) is 58.9. The lowest BCUT2D eigenvalue weighted by Crippen LogP contribution is -2.61. The maximum absolute atomic E-state index is 13.5. The van der Waals surface area contributed by atoms with Crippen LogP contribution in [0.25, 0.3) is 0 Å². The molecule has 1 rings (SSSR count). The van der Waals surface area contributed by atoms with Crippen LogP contribution in [0.2, 0.25) is 0 Å². The third-order valence-corrected chi connectivity index (χ3v) is 17.1. The molecule has 1 amide bonds. The zero-order chi connectivity index (χ0) is 66.7. The molecule has 0 spiro atoms. The summed E-state index contributed by atoms with van der Waals surface area (Å²) in [7, 11) is 0. The molecule has 1 saturated heterocycles. The maximum atomic E-state index is 13.5. The summed E-state index contributed by atoms with van der Waals surface area (Å²) in [6, 6.07) is -1.04. The van der Waals surface area contributed by atoms with E-state index in [1.54, 1.807) is 6.08 Å². The van der Waals surface area contributed by atoms with Gasteiger partial charge in [0.05, 0.1) is 25.4 Å². The molecule has 8 unspecified atom stereocenters. The number of esters is 1. The van der Waals surface area contributed by atoms with Gasteiger partial charge in [-0.05, 0) is 116 Å². The first-order valence-electron chi connectivity index (χ1n) is 37.8. The van der Waals surface area contributed by atoms with Crippen molar-refractivity contribution in [2.24, 2.45) is 0 Å². The van der Waals surface area contributed by atoms with Crippen LogP contribution >= 0.6 is 0 Å². The number of allylic oxidation sites excluding steroid dienone is 19. The first kappa shape index (κ1) is 86.1. The molecule has 0 aromatic carbocycles. The van der Waals surface area contributed by atoms with Crippen LogP contribution in [0.4, 0.5) is 0 Å². The van der Waals surface area contributed by atoms with Gasteiger partial charge in [-0.3, -0.25) is 9.59 Å². The van der Waals surface area contributed by atoms with E-state index in [0.29, 0.717) is 12.8 Å². The van der Waals surface area contributed by atoms with Crippen molar-refractivity contribution < 1.29 is 49.3 Å². The van der Waals surface area contributed by atoms with Crippen molar-refractivity contribution in [3.8, 4) is 0 Å². The van der Waals surface area contributed by atoms with E-state index in [-0.39, 0.29) is 19.4 Å². The SMILES string of the molecule is CC/C=C\C/C=C\C/C=C\C/C=C\C/C=C\C/C=C\CCCCCCCCCCC(=O)OC1C(OCC(NC(=O)C(O)CCCCCCCCCCCCC/C=C\C/C=C\C/C=C\CCCCC)C(O)/C=C/CCCCCCCCCCCC)OC(CO)C(O)C1O. The van der Waals surface area contributed by atoms with Gasteiger partial charge in [-0.1, -0.05) is 316 Å². The third-order valence-electron chi connectivity index (χ3n) is 17.1. The molecule has 0 aromatic heterocycles. The number of hydrogen-bond acceptors (Lipinski definition) is 10. The van der Waals surface area contributed by atoms with E-state index in [1.165, 1.54) is 141 Å². The van der Waals surface area contributed by atoms with Crippen LogP contribution in [-0.4, -0.2) is 99.6 Å². The standard InChI is InChI=1S/C81H139NO10/c1-4-7-10-13-16-19-22-25-27-29-31-33-35-37-38-39-41-43-45-47-49-51-54-57-60-63-66-69-76(86)92-79-78(88)77(87)75(70-83)91-81(79)90-71-72(73(84)67-64-61-58-55-52-24-21-18-15-12-9-6-3)82-80(89)74(85)68-65-62-59-56-53-50-48-46-44-42-40-36-34-32-30-28-26-23-20-17-14-11-8-5-2/h7,10,16-17,19-20,25-28,31-34,37-38,41,43,64,67,72-75,77-79,81,83-85,87-88H,4-6,8-9,11-15,18,21-24,29-30,35-36,39-40,42,44-63,65-66,68-71H2,1-3H3,(H,82,89)/b10-7-,19-16-,20-17-,27-25-,28-26-,33-31-,34-32-,38-37-,43-41-,67-64+. The molecule has 1 aliphatic rings. The van der Waals surface area contributed by atoms with Crippen molar-refractivity contribution in [3.63, 3.8) is 0 Å². The summed E-state index contributed by atoms with van der Waals surface area (Å²) in [5.41, 5.74) is 0. The predicted octanol–water partition coefficient (Wildman–Crippen LogP) is 20.1. The second-order valence-corrected chi connectivity index (χ2v) is 25.6.